The minimum absolute atomic E-state index is 0.0292. The zero-order chi connectivity index (χ0) is 30.4. The molecule has 0 unspecified atom stereocenters. The number of ketones is 1. The third kappa shape index (κ3) is 5.99. The molecule has 5 heterocycles. The number of benzene rings is 1. The van der Waals surface area contributed by atoms with Crippen LogP contribution in [0.3, 0.4) is 0 Å². The number of aryl methyl sites for hydroxylation is 1. The highest BCUT2D eigenvalue weighted by atomic mass is 19.3. The molecule has 43 heavy (non-hydrogen) atoms. The number of Topliss-reactive ketones (excluding diaryl/α,β-unsaturated/α-hetero) is 1. The molecular formula is C31H30F3N7O2. The van der Waals surface area contributed by atoms with Crippen LogP contribution in [-0.4, -0.2) is 54.9 Å². The van der Waals surface area contributed by atoms with Gasteiger partial charge < -0.3 is 14.4 Å². The highest BCUT2D eigenvalue weighted by Crippen LogP contribution is 2.32. The number of anilines is 1. The van der Waals surface area contributed by atoms with Gasteiger partial charge in [0.05, 0.1) is 17.4 Å². The van der Waals surface area contributed by atoms with Crippen LogP contribution in [0.5, 0.6) is 0 Å². The van der Waals surface area contributed by atoms with Crippen molar-refractivity contribution >= 4 is 22.6 Å². The van der Waals surface area contributed by atoms with Gasteiger partial charge in [-0.2, -0.15) is 4.98 Å². The van der Waals surface area contributed by atoms with Crippen LogP contribution in [0.25, 0.3) is 33.8 Å². The minimum atomic E-state index is -2.61. The zero-order valence-electron chi connectivity index (χ0n) is 24.0. The third-order valence-corrected chi connectivity index (χ3v) is 7.56. The molecule has 0 saturated carbocycles. The number of imidazole rings is 1. The molecule has 0 radical (unpaired) electrons. The van der Waals surface area contributed by atoms with Crippen LogP contribution in [-0.2, 0) is 11.8 Å². The minimum Gasteiger partial charge on any atom is -0.370 e. The maximum Gasteiger partial charge on any atom is 0.294 e. The van der Waals surface area contributed by atoms with Gasteiger partial charge in [-0.3, -0.25) is 9.78 Å². The molecule has 12 heteroatoms. The summed E-state index contributed by atoms with van der Waals surface area (Å²) in [5, 5.41) is 3.88. The van der Waals surface area contributed by atoms with E-state index in [2.05, 4.69) is 30.1 Å². The molecule has 0 bridgehead atoms. The van der Waals surface area contributed by atoms with Crippen molar-refractivity contribution in [3.05, 3.63) is 71.9 Å². The van der Waals surface area contributed by atoms with Gasteiger partial charge in [0.25, 0.3) is 11.8 Å². The van der Waals surface area contributed by atoms with Gasteiger partial charge in [-0.15, -0.1) is 0 Å². The quantitative estimate of drug-likeness (QED) is 0.213. The van der Waals surface area contributed by atoms with E-state index in [9.17, 15) is 13.6 Å². The second kappa shape index (κ2) is 10.9. The Hall–Kier alpha value is -4.61. The van der Waals surface area contributed by atoms with Crippen molar-refractivity contribution in [2.45, 2.75) is 57.8 Å². The maximum absolute atomic E-state index is 15.2. The number of fused-ring (bicyclic) bond motifs is 1. The van der Waals surface area contributed by atoms with Crippen molar-refractivity contribution in [3.63, 3.8) is 0 Å². The van der Waals surface area contributed by atoms with E-state index in [-0.39, 0.29) is 55.9 Å². The van der Waals surface area contributed by atoms with E-state index in [4.69, 9.17) is 4.52 Å². The highest BCUT2D eigenvalue weighted by molar-refractivity contribution is 5.92. The van der Waals surface area contributed by atoms with Crippen molar-refractivity contribution in [3.8, 4) is 22.6 Å². The number of hydrogen-bond acceptors (Lipinski definition) is 8. The lowest BCUT2D eigenvalue weighted by Crippen LogP contribution is -2.39. The fraction of sp³-hybridized carbons (Fsp3) is 0.355. The predicted octanol–water partition coefficient (Wildman–Crippen LogP) is 6.56. The van der Waals surface area contributed by atoms with E-state index in [0.29, 0.717) is 45.2 Å². The molecule has 1 fully saturated rings. The number of aromatic nitrogens is 6. The lowest BCUT2D eigenvalue weighted by Gasteiger charge is -2.33. The predicted molar refractivity (Wildman–Crippen MR) is 155 cm³/mol. The van der Waals surface area contributed by atoms with Crippen LogP contribution in [0.2, 0.25) is 0 Å². The molecule has 0 spiro atoms. The van der Waals surface area contributed by atoms with Gasteiger partial charge in [0.2, 0.25) is 5.78 Å². The number of alkyl halides is 2. The van der Waals surface area contributed by atoms with Crippen molar-refractivity contribution in [2.75, 3.05) is 18.0 Å². The summed E-state index contributed by atoms with van der Waals surface area (Å²) in [6.45, 7) is 6.30. The molecule has 0 amide bonds. The zero-order valence-corrected chi connectivity index (χ0v) is 24.0. The number of nitrogens with one attached hydrogen (secondary N) is 1. The van der Waals surface area contributed by atoms with E-state index in [1.807, 2.05) is 31.7 Å². The summed E-state index contributed by atoms with van der Waals surface area (Å²) in [4.78, 5) is 35.3. The summed E-state index contributed by atoms with van der Waals surface area (Å²) in [6.07, 6.45) is 3.12. The number of rotatable bonds is 7. The lowest BCUT2D eigenvalue weighted by molar-refractivity contribution is -0.0220. The molecule has 1 aromatic carbocycles. The molecule has 1 saturated heterocycles. The average Bonchev–Trinajstić information content (AvgIpc) is 3.65. The van der Waals surface area contributed by atoms with Crippen molar-refractivity contribution in [2.24, 2.45) is 0 Å². The monoisotopic (exact) mass is 589 g/mol. The maximum atomic E-state index is 15.2. The Bertz CT molecular complexity index is 1780. The fourth-order valence-corrected chi connectivity index (χ4v) is 4.99. The summed E-state index contributed by atoms with van der Waals surface area (Å²) in [5.74, 6) is -2.54. The van der Waals surface area contributed by atoms with Gasteiger partial charge in [0.15, 0.2) is 17.3 Å². The van der Waals surface area contributed by atoms with E-state index in [1.54, 1.807) is 36.7 Å². The van der Waals surface area contributed by atoms with Crippen molar-refractivity contribution in [1.82, 2.24) is 30.1 Å². The Morgan fingerprint density at radius 3 is 2.53 bits per heavy atom. The molecule has 1 aliphatic rings. The Kier molecular flexibility index (Phi) is 7.23. The number of H-pyrrole nitrogens is 1. The third-order valence-electron chi connectivity index (χ3n) is 7.56. The topological polar surface area (TPSA) is 114 Å². The fourth-order valence-electron chi connectivity index (χ4n) is 4.99. The van der Waals surface area contributed by atoms with Crippen LogP contribution in [0, 0.1) is 5.82 Å². The van der Waals surface area contributed by atoms with Gasteiger partial charge in [0, 0.05) is 49.5 Å². The molecule has 222 valence electrons. The second-order valence-corrected chi connectivity index (χ2v) is 11.8. The average molecular weight is 590 g/mol. The Morgan fingerprint density at radius 1 is 1.07 bits per heavy atom. The first-order chi connectivity index (χ1) is 20.5. The largest absolute Gasteiger partial charge is 0.370 e. The van der Waals surface area contributed by atoms with E-state index < -0.39 is 11.7 Å². The van der Waals surface area contributed by atoms with Gasteiger partial charge in [-0.1, -0.05) is 38.1 Å². The number of piperidine rings is 1. The first-order valence-electron chi connectivity index (χ1n) is 14.1. The normalized spacial score (nSPS) is 15.3. The second-order valence-electron chi connectivity index (χ2n) is 11.8. The van der Waals surface area contributed by atoms with Gasteiger partial charge in [-0.05, 0) is 41.8 Å². The van der Waals surface area contributed by atoms with Crippen LogP contribution >= 0.6 is 0 Å². The van der Waals surface area contributed by atoms with Crippen LogP contribution < -0.4 is 4.90 Å². The molecule has 6 rings (SSSR count). The summed E-state index contributed by atoms with van der Waals surface area (Å²) in [7, 11) is 0. The lowest BCUT2D eigenvalue weighted by atomic mass is 9.96. The number of carbonyl (C=O) groups excluding carboxylic acids is 1. The number of carbonyl (C=O) groups is 1. The summed E-state index contributed by atoms with van der Waals surface area (Å²) in [6, 6.07) is 10.3. The standard InChI is InChI=1S/C31H30F3N7O2/c1-30(2,3)29-39-28(43-40-29)24(42)9-6-18-4-5-19(16-22(18)32)21-10-13-35-27-25(21)37-26(38-27)23-8-7-20(17-36-23)41-14-11-31(33,34)12-15-41/h4-5,7-8,10,13,16-17H,6,9,11-12,14-15H2,1-3H3,(H,35,37,38). The van der Waals surface area contributed by atoms with Gasteiger partial charge in [-0.25, -0.2) is 23.1 Å². The van der Waals surface area contributed by atoms with Crippen LogP contribution in [0.4, 0.5) is 18.9 Å². The van der Waals surface area contributed by atoms with Crippen molar-refractivity contribution < 1.29 is 22.5 Å². The highest BCUT2D eigenvalue weighted by Gasteiger charge is 2.34. The number of hydrogen-bond donors (Lipinski definition) is 1. The van der Waals surface area contributed by atoms with Crippen LogP contribution in [0.1, 0.15) is 62.1 Å². The molecule has 0 atom stereocenters. The molecule has 0 aliphatic carbocycles. The molecular weight excluding hydrogens is 559 g/mol. The molecule has 5 aromatic rings. The molecule has 1 aliphatic heterocycles. The molecule has 1 N–H and O–H groups in total. The number of aromatic amines is 1. The Balaban J connectivity index is 1.17. The van der Waals surface area contributed by atoms with Gasteiger partial charge >= 0.3 is 0 Å². The summed E-state index contributed by atoms with van der Waals surface area (Å²) < 4.78 is 47.4. The summed E-state index contributed by atoms with van der Waals surface area (Å²) in [5.41, 5.74) is 3.77. The van der Waals surface area contributed by atoms with E-state index in [0.717, 1.165) is 5.69 Å². The van der Waals surface area contributed by atoms with E-state index >= 15 is 4.39 Å². The first-order valence-corrected chi connectivity index (χ1v) is 14.1. The van der Waals surface area contributed by atoms with E-state index in [1.165, 1.54) is 6.07 Å². The van der Waals surface area contributed by atoms with Crippen molar-refractivity contribution in [1.29, 1.82) is 0 Å². The Labute approximate surface area is 245 Å². The van der Waals surface area contributed by atoms with Gasteiger partial charge in [0.1, 0.15) is 11.5 Å². The Morgan fingerprint density at radius 2 is 1.86 bits per heavy atom. The SMILES string of the molecule is CC(C)(C)c1noc(C(=O)CCc2ccc(-c3ccnc4nc(-c5ccc(N6CCC(F)(F)CC6)cn5)[nH]c34)cc2F)n1. The molecule has 4 aromatic heterocycles. The number of halogens is 3. The smallest absolute Gasteiger partial charge is 0.294 e. The molecule has 9 nitrogen and oxygen atoms in total. The van der Waals surface area contributed by atoms with Crippen LogP contribution in [0.15, 0.2) is 53.3 Å². The number of nitrogens with zero attached hydrogens (tertiary/aromatic N) is 6. The number of pyridine rings is 2. The summed E-state index contributed by atoms with van der Waals surface area (Å²) >= 11 is 0. The first kappa shape index (κ1) is 28.5.